The number of nitrogens with zero attached hydrogens (tertiary/aromatic N) is 5. The second-order valence-corrected chi connectivity index (χ2v) is 5.35. The third-order valence-electron chi connectivity index (χ3n) is 3.72. The van der Waals surface area contributed by atoms with E-state index in [2.05, 4.69) is 38.5 Å². The molecular weight excluding hydrogens is 286 g/mol. The number of fused-ring (bicyclic) bond motifs is 2. The maximum absolute atomic E-state index is 4.58. The molecule has 4 aromatic rings. The first-order valence-corrected chi connectivity index (χ1v) is 7.51. The summed E-state index contributed by atoms with van der Waals surface area (Å²) in [6, 6.07) is 14.1. The molecular formula is C18H15N5. The van der Waals surface area contributed by atoms with Crippen LogP contribution in [-0.4, -0.2) is 24.8 Å². The fourth-order valence-electron chi connectivity index (χ4n) is 2.63. The summed E-state index contributed by atoms with van der Waals surface area (Å²) in [5.74, 6) is 0.828. The van der Waals surface area contributed by atoms with Gasteiger partial charge in [0, 0.05) is 18.0 Å². The number of benzene rings is 1. The van der Waals surface area contributed by atoms with Crippen LogP contribution < -0.4 is 0 Å². The SMILES string of the molecule is CC=Cc1ccc2nnc(Cc3ccc4ncccc4c3)n2n1. The van der Waals surface area contributed by atoms with Crippen LogP contribution in [0.3, 0.4) is 0 Å². The Morgan fingerprint density at radius 3 is 2.96 bits per heavy atom. The average Bonchev–Trinajstić information content (AvgIpc) is 2.97. The van der Waals surface area contributed by atoms with E-state index in [1.807, 2.05) is 47.9 Å². The lowest BCUT2D eigenvalue weighted by molar-refractivity contribution is 0.833. The van der Waals surface area contributed by atoms with Gasteiger partial charge in [-0.05, 0) is 48.9 Å². The minimum atomic E-state index is 0.679. The smallest absolute Gasteiger partial charge is 0.177 e. The van der Waals surface area contributed by atoms with Gasteiger partial charge in [0.25, 0.3) is 0 Å². The van der Waals surface area contributed by atoms with E-state index in [1.165, 1.54) is 0 Å². The van der Waals surface area contributed by atoms with Gasteiger partial charge in [-0.15, -0.1) is 10.2 Å². The van der Waals surface area contributed by atoms with Crippen LogP contribution in [0.2, 0.25) is 0 Å². The van der Waals surface area contributed by atoms with Crippen LogP contribution in [-0.2, 0) is 6.42 Å². The van der Waals surface area contributed by atoms with E-state index in [0.717, 1.165) is 33.6 Å². The molecule has 0 bridgehead atoms. The Kier molecular flexibility index (Phi) is 3.31. The van der Waals surface area contributed by atoms with Gasteiger partial charge in [0.05, 0.1) is 11.2 Å². The van der Waals surface area contributed by atoms with E-state index in [1.54, 1.807) is 6.20 Å². The van der Waals surface area contributed by atoms with Gasteiger partial charge in [-0.1, -0.05) is 18.2 Å². The molecule has 0 amide bonds. The van der Waals surface area contributed by atoms with Crippen LogP contribution in [0.5, 0.6) is 0 Å². The molecule has 0 spiro atoms. The van der Waals surface area contributed by atoms with Crippen molar-refractivity contribution >= 4 is 22.6 Å². The Labute approximate surface area is 133 Å². The number of aromatic nitrogens is 5. The third kappa shape index (κ3) is 2.57. The second kappa shape index (κ2) is 5.61. The number of hydrogen-bond donors (Lipinski definition) is 0. The van der Waals surface area contributed by atoms with Crippen molar-refractivity contribution in [1.82, 2.24) is 24.8 Å². The van der Waals surface area contributed by atoms with Crippen molar-refractivity contribution < 1.29 is 0 Å². The lowest BCUT2D eigenvalue weighted by Crippen LogP contribution is -2.01. The molecule has 5 nitrogen and oxygen atoms in total. The first kappa shape index (κ1) is 13.6. The standard InChI is InChI=1S/C18H15N5/c1-2-4-15-7-9-17-20-21-18(23(17)22-15)12-13-6-8-16-14(11-13)5-3-10-19-16/h2-11H,12H2,1H3. The van der Waals surface area contributed by atoms with E-state index >= 15 is 0 Å². The van der Waals surface area contributed by atoms with Gasteiger partial charge < -0.3 is 0 Å². The highest BCUT2D eigenvalue weighted by molar-refractivity contribution is 5.78. The molecule has 0 radical (unpaired) electrons. The summed E-state index contributed by atoms with van der Waals surface area (Å²) < 4.78 is 1.81. The first-order chi connectivity index (χ1) is 11.3. The monoisotopic (exact) mass is 301 g/mol. The molecule has 0 atom stereocenters. The lowest BCUT2D eigenvalue weighted by Gasteiger charge is -2.03. The van der Waals surface area contributed by atoms with Crippen LogP contribution >= 0.6 is 0 Å². The van der Waals surface area contributed by atoms with Crippen molar-refractivity contribution in [3.05, 3.63) is 71.8 Å². The number of rotatable bonds is 3. The predicted molar refractivity (Wildman–Crippen MR) is 90.0 cm³/mol. The highest BCUT2D eigenvalue weighted by Crippen LogP contribution is 2.16. The molecule has 0 saturated heterocycles. The van der Waals surface area contributed by atoms with Gasteiger partial charge >= 0.3 is 0 Å². The van der Waals surface area contributed by atoms with E-state index in [4.69, 9.17) is 0 Å². The summed E-state index contributed by atoms with van der Waals surface area (Å²) >= 11 is 0. The lowest BCUT2D eigenvalue weighted by atomic mass is 10.1. The molecule has 0 aliphatic carbocycles. The second-order valence-electron chi connectivity index (χ2n) is 5.35. The van der Waals surface area contributed by atoms with E-state index in [0.29, 0.717) is 6.42 Å². The van der Waals surface area contributed by atoms with Crippen LogP contribution in [0.1, 0.15) is 24.0 Å². The molecule has 112 valence electrons. The molecule has 0 N–H and O–H groups in total. The van der Waals surface area contributed by atoms with Crippen molar-refractivity contribution in [2.45, 2.75) is 13.3 Å². The zero-order valence-electron chi connectivity index (χ0n) is 12.7. The number of hydrogen-bond acceptors (Lipinski definition) is 4. The van der Waals surface area contributed by atoms with Gasteiger partial charge in [-0.25, -0.2) is 0 Å². The largest absolute Gasteiger partial charge is 0.256 e. The van der Waals surface area contributed by atoms with E-state index in [9.17, 15) is 0 Å². The highest BCUT2D eigenvalue weighted by atomic mass is 15.4. The number of allylic oxidation sites excluding steroid dienone is 1. The normalized spacial score (nSPS) is 11.7. The van der Waals surface area contributed by atoms with Crippen LogP contribution in [0.25, 0.3) is 22.6 Å². The van der Waals surface area contributed by atoms with Gasteiger partial charge in [-0.3, -0.25) is 4.98 Å². The van der Waals surface area contributed by atoms with Crippen molar-refractivity contribution in [2.24, 2.45) is 0 Å². The summed E-state index contributed by atoms with van der Waals surface area (Å²) in [5.41, 5.74) is 3.81. The molecule has 1 aromatic carbocycles. The Balaban J connectivity index is 1.74. The Bertz CT molecular complexity index is 1020. The maximum atomic E-state index is 4.58. The fourth-order valence-corrected chi connectivity index (χ4v) is 2.63. The zero-order chi connectivity index (χ0) is 15.6. The van der Waals surface area contributed by atoms with Crippen molar-refractivity contribution in [2.75, 3.05) is 0 Å². The Morgan fingerprint density at radius 1 is 1.09 bits per heavy atom. The zero-order valence-corrected chi connectivity index (χ0v) is 12.7. The number of pyridine rings is 1. The minimum Gasteiger partial charge on any atom is -0.256 e. The molecule has 3 heterocycles. The van der Waals surface area contributed by atoms with Gasteiger partial charge in [0.1, 0.15) is 0 Å². The van der Waals surface area contributed by atoms with Crippen molar-refractivity contribution in [1.29, 1.82) is 0 Å². The predicted octanol–water partition coefficient (Wildman–Crippen LogP) is 3.30. The molecule has 0 aliphatic heterocycles. The third-order valence-corrected chi connectivity index (χ3v) is 3.72. The molecule has 4 rings (SSSR count). The van der Waals surface area contributed by atoms with Crippen molar-refractivity contribution in [3.63, 3.8) is 0 Å². The first-order valence-electron chi connectivity index (χ1n) is 7.51. The Hall–Kier alpha value is -3.08. The summed E-state index contributed by atoms with van der Waals surface area (Å²) in [6.07, 6.45) is 6.42. The Morgan fingerprint density at radius 2 is 2.04 bits per heavy atom. The van der Waals surface area contributed by atoms with Crippen LogP contribution in [0, 0.1) is 0 Å². The quantitative estimate of drug-likeness (QED) is 0.582. The van der Waals surface area contributed by atoms with E-state index < -0.39 is 0 Å². The van der Waals surface area contributed by atoms with Crippen LogP contribution in [0.4, 0.5) is 0 Å². The van der Waals surface area contributed by atoms with Crippen molar-refractivity contribution in [3.8, 4) is 0 Å². The molecule has 0 saturated carbocycles. The molecule has 0 unspecified atom stereocenters. The topological polar surface area (TPSA) is 56.0 Å². The molecule has 23 heavy (non-hydrogen) atoms. The summed E-state index contributed by atoms with van der Waals surface area (Å²) in [7, 11) is 0. The molecule has 3 aromatic heterocycles. The van der Waals surface area contributed by atoms with Gasteiger partial charge in [0.2, 0.25) is 0 Å². The molecule has 0 aliphatic rings. The van der Waals surface area contributed by atoms with Gasteiger partial charge in [-0.2, -0.15) is 9.61 Å². The summed E-state index contributed by atoms with van der Waals surface area (Å²) in [6.45, 7) is 1.97. The average molecular weight is 301 g/mol. The van der Waals surface area contributed by atoms with E-state index in [-0.39, 0.29) is 0 Å². The maximum Gasteiger partial charge on any atom is 0.177 e. The van der Waals surface area contributed by atoms with Gasteiger partial charge in [0.15, 0.2) is 11.5 Å². The highest BCUT2D eigenvalue weighted by Gasteiger charge is 2.08. The molecule has 0 fully saturated rings. The minimum absolute atomic E-state index is 0.679. The van der Waals surface area contributed by atoms with Crippen LogP contribution in [0.15, 0.2) is 54.7 Å². The summed E-state index contributed by atoms with van der Waals surface area (Å²) in [4.78, 5) is 4.35. The molecule has 5 heteroatoms. The summed E-state index contributed by atoms with van der Waals surface area (Å²) in [5, 5.41) is 14.2. The fraction of sp³-hybridized carbons (Fsp3) is 0.111.